The van der Waals surface area contributed by atoms with Gasteiger partial charge in [-0.1, -0.05) is 19.1 Å². The minimum absolute atomic E-state index is 0.584. The van der Waals surface area contributed by atoms with Gasteiger partial charge in [-0.25, -0.2) is 9.97 Å². The summed E-state index contributed by atoms with van der Waals surface area (Å²) in [5, 5.41) is 3.30. The quantitative estimate of drug-likeness (QED) is 0.725. The molecule has 136 valence electrons. The molecule has 0 bridgehead atoms. The summed E-state index contributed by atoms with van der Waals surface area (Å²) in [5.41, 5.74) is 1.32. The normalized spacial score (nSPS) is 17.6. The molecular weight excluding hydrogens is 318 g/mol. The van der Waals surface area contributed by atoms with Crippen LogP contribution in [0.25, 0.3) is 0 Å². The monoisotopic (exact) mass is 345 g/mol. The fraction of sp³-hybridized carbons (Fsp3) is 0.556. The van der Waals surface area contributed by atoms with Crippen LogP contribution in [-0.4, -0.2) is 61.1 Å². The topological polar surface area (TPSA) is 62.8 Å². The second-order valence-corrected chi connectivity index (χ2v) is 5.96. The number of rotatable bonds is 8. The van der Waals surface area contributed by atoms with Gasteiger partial charge in [-0.15, -0.1) is 0 Å². The fourth-order valence-corrected chi connectivity index (χ4v) is 2.90. The van der Waals surface area contributed by atoms with E-state index in [0.717, 1.165) is 50.8 Å². The molecule has 1 fully saturated rings. The van der Waals surface area contributed by atoms with Crippen molar-refractivity contribution < 1.29 is 9.47 Å². The first-order valence-electron chi connectivity index (χ1n) is 8.95. The molecule has 1 saturated heterocycles. The van der Waals surface area contributed by atoms with E-state index in [1.807, 2.05) is 6.07 Å². The van der Waals surface area contributed by atoms with Gasteiger partial charge in [-0.05, 0) is 12.8 Å². The number of allylic oxidation sites excluding steroid dienone is 3. The van der Waals surface area contributed by atoms with Crippen molar-refractivity contribution in [1.82, 2.24) is 14.9 Å². The van der Waals surface area contributed by atoms with Crippen molar-refractivity contribution in [1.29, 1.82) is 0 Å². The first-order valence-corrected chi connectivity index (χ1v) is 8.95. The van der Waals surface area contributed by atoms with Crippen LogP contribution >= 0.6 is 0 Å². The summed E-state index contributed by atoms with van der Waals surface area (Å²) < 4.78 is 11.2. The highest BCUT2D eigenvalue weighted by atomic mass is 16.5. The molecule has 1 N–H and O–H groups in total. The lowest BCUT2D eigenvalue weighted by molar-refractivity contribution is 0.0741. The largest absolute Gasteiger partial charge is 0.378 e. The summed E-state index contributed by atoms with van der Waals surface area (Å²) >= 11 is 0. The molecule has 0 unspecified atom stereocenters. The molecule has 0 amide bonds. The number of hydrogen-bond donors (Lipinski definition) is 1. The first-order chi connectivity index (χ1) is 12.4. The number of nitrogens with zero attached hydrogens (tertiary/aromatic N) is 4. The molecule has 7 nitrogen and oxygen atoms in total. The number of nitrogens with one attached hydrogen (secondary N) is 1. The van der Waals surface area contributed by atoms with E-state index in [4.69, 9.17) is 9.47 Å². The average Bonchev–Trinajstić information content (AvgIpc) is 2.69. The van der Waals surface area contributed by atoms with Gasteiger partial charge in [-0.3, -0.25) is 0 Å². The smallest absolute Gasteiger partial charge is 0.134 e. The van der Waals surface area contributed by atoms with Crippen LogP contribution in [-0.2, 0) is 9.47 Å². The minimum Gasteiger partial charge on any atom is -0.378 e. The Hall–Kier alpha value is -2.12. The maximum absolute atomic E-state index is 5.77. The zero-order chi connectivity index (χ0) is 17.3. The van der Waals surface area contributed by atoms with Crippen LogP contribution in [0, 0.1) is 0 Å². The Morgan fingerprint density at radius 2 is 2.16 bits per heavy atom. The molecule has 1 aromatic rings. The number of hydrogen-bond acceptors (Lipinski definition) is 7. The van der Waals surface area contributed by atoms with E-state index >= 15 is 0 Å². The maximum Gasteiger partial charge on any atom is 0.134 e. The number of aromatic nitrogens is 2. The molecule has 7 heteroatoms. The van der Waals surface area contributed by atoms with Crippen molar-refractivity contribution in [2.24, 2.45) is 0 Å². The first kappa shape index (κ1) is 17.7. The van der Waals surface area contributed by atoms with Crippen molar-refractivity contribution in [3.05, 3.63) is 36.4 Å². The Morgan fingerprint density at radius 3 is 3.00 bits per heavy atom. The van der Waals surface area contributed by atoms with Gasteiger partial charge < -0.3 is 24.6 Å². The van der Waals surface area contributed by atoms with Crippen molar-refractivity contribution in [2.75, 3.05) is 56.4 Å². The zero-order valence-electron chi connectivity index (χ0n) is 14.9. The molecule has 0 radical (unpaired) electrons. The summed E-state index contributed by atoms with van der Waals surface area (Å²) in [4.78, 5) is 13.0. The van der Waals surface area contributed by atoms with Crippen molar-refractivity contribution in [3.8, 4) is 0 Å². The SMILES string of the molecule is CCC1=CCC=CN1COCCNc1cc(N2CCOCC2)ncn1. The highest BCUT2D eigenvalue weighted by Gasteiger charge is 2.13. The van der Waals surface area contributed by atoms with E-state index in [-0.39, 0.29) is 0 Å². The van der Waals surface area contributed by atoms with Crippen LogP contribution in [0.15, 0.2) is 36.4 Å². The van der Waals surface area contributed by atoms with Gasteiger partial charge in [0.25, 0.3) is 0 Å². The van der Waals surface area contributed by atoms with Gasteiger partial charge >= 0.3 is 0 Å². The molecule has 1 aromatic heterocycles. The van der Waals surface area contributed by atoms with Gasteiger partial charge in [0.1, 0.15) is 24.7 Å². The van der Waals surface area contributed by atoms with Crippen LogP contribution in [0.2, 0.25) is 0 Å². The summed E-state index contributed by atoms with van der Waals surface area (Å²) in [6.07, 6.45) is 10.1. The fourth-order valence-electron chi connectivity index (χ4n) is 2.90. The molecule has 0 aliphatic carbocycles. The van der Waals surface area contributed by atoms with Crippen molar-refractivity contribution >= 4 is 11.6 Å². The lowest BCUT2D eigenvalue weighted by Crippen LogP contribution is -2.36. The number of morpholine rings is 1. The van der Waals surface area contributed by atoms with E-state index in [9.17, 15) is 0 Å². The van der Waals surface area contributed by atoms with E-state index in [1.165, 1.54) is 5.70 Å². The van der Waals surface area contributed by atoms with E-state index in [2.05, 4.69) is 50.4 Å². The van der Waals surface area contributed by atoms with Gasteiger partial charge in [0.05, 0.1) is 19.8 Å². The van der Waals surface area contributed by atoms with Crippen LogP contribution in [0.5, 0.6) is 0 Å². The molecule has 0 atom stereocenters. The molecule has 0 saturated carbocycles. The Kier molecular flexibility index (Phi) is 6.64. The van der Waals surface area contributed by atoms with Gasteiger partial charge in [-0.2, -0.15) is 0 Å². The molecule has 2 aliphatic heterocycles. The van der Waals surface area contributed by atoms with Crippen LogP contribution in [0.4, 0.5) is 11.6 Å². The van der Waals surface area contributed by atoms with Gasteiger partial charge in [0, 0.05) is 37.6 Å². The van der Waals surface area contributed by atoms with Gasteiger partial charge in [0.2, 0.25) is 0 Å². The maximum atomic E-state index is 5.77. The third-order valence-corrected chi connectivity index (χ3v) is 4.28. The molecule has 25 heavy (non-hydrogen) atoms. The standard InChI is InChI=1S/C18H27N5O2/c1-2-16-5-3-4-7-23(16)15-25-10-6-19-17-13-18(21-14-20-17)22-8-11-24-12-9-22/h4-5,7,13-14H,2-3,6,8-12,15H2,1H3,(H,19,20,21). The lowest BCUT2D eigenvalue weighted by Gasteiger charge is -2.27. The molecule has 0 spiro atoms. The van der Waals surface area contributed by atoms with Crippen molar-refractivity contribution in [3.63, 3.8) is 0 Å². The van der Waals surface area contributed by atoms with Crippen LogP contribution < -0.4 is 10.2 Å². The number of ether oxygens (including phenoxy) is 2. The lowest BCUT2D eigenvalue weighted by atomic mass is 10.2. The van der Waals surface area contributed by atoms with Gasteiger partial charge in [0.15, 0.2) is 0 Å². The molecular formula is C18H27N5O2. The Balaban J connectivity index is 1.39. The summed E-state index contributed by atoms with van der Waals surface area (Å²) in [6.45, 7) is 7.33. The Bertz CT molecular complexity index is 599. The molecule has 3 heterocycles. The van der Waals surface area contributed by atoms with E-state index in [1.54, 1.807) is 6.33 Å². The van der Waals surface area contributed by atoms with Crippen molar-refractivity contribution in [2.45, 2.75) is 19.8 Å². The molecule has 3 rings (SSSR count). The molecule has 2 aliphatic rings. The molecule has 0 aromatic carbocycles. The van der Waals surface area contributed by atoms with Crippen LogP contribution in [0.1, 0.15) is 19.8 Å². The summed E-state index contributed by atoms with van der Waals surface area (Å²) in [5.74, 6) is 1.77. The summed E-state index contributed by atoms with van der Waals surface area (Å²) in [7, 11) is 0. The van der Waals surface area contributed by atoms with E-state index < -0.39 is 0 Å². The number of anilines is 2. The second kappa shape index (κ2) is 9.39. The predicted octanol–water partition coefficient (Wildman–Crippen LogP) is 2.21. The Labute approximate surface area is 149 Å². The highest BCUT2D eigenvalue weighted by molar-refractivity contribution is 5.48. The van der Waals surface area contributed by atoms with Crippen LogP contribution in [0.3, 0.4) is 0 Å². The van der Waals surface area contributed by atoms with E-state index in [0.29, 0.717) is 19.9 Å². The second-order valence-electron chi connectivity index (χ2n) is 5.96. The Morgan fingerprint density at radius 1 is 1.28 bits per heavy atom. The average molecular weight is 345 g/mol. The third-order valence-electron chi connectivity index (χ3n) is 4.28. The third kappa shape index (κ3) is 5.17. The zero-order valence-corrected chi connectivity index (χ0v) is 14.9. The predicted molar refractivity (Wildman–Crippen MR) is 98.3 cm³/mol. The summed E-state index contributed by atoms with van der Waals surface area (Å²) in [6, 6.07) is 1.98. The highest BCUT2D eigenvalue weighted by Crippen LogP contribution is 2.16. The minimum atomic E-state index is 0.584.